The van der Waals surface area contributed by atoms with Gasteiger partial charge < -0.3 is 19.6 Å². The smallest absolute Gasteiger partial charge is 0.306 e. The highest BCUT2D eigenvalue weighted by Crippen LogP contribution is 2.45. The van der Waals surface area contributed by atoms with Crippen LogP contribution in [0.2, 0.25) is 0 Å². The molecule has 32 heavy (non-hydrogen) atoms. The summed E-state index contributed by atoms with van der Waals surface area (Å²) in [4.78, 5) is 16.5. The summed E-state index contributed by atoms with van der Waals surface area (Å²) in [5.41, 5.74) is 3.33. The number of ether oxygens (including phenoxy) is 1. The molecule has 176 valence electrons. The molecule has 0 saturated carbocycles. The third-order valence-corrected chi connectivity index (χ3v) is 6.72. The van der Waals surface area contributed by atoms with E-state index in [2.05, 4.69) is 62.1 Å². The van der Waals surface area contributed by atoms with Crippen molar-refractivity contribution in [2.24, 2.45) is 5.92 Å². The molecule has 1 aliphatic heterocycles. The Morgan fingerprint density at radius 2 is 1.84 bits per heavy atom. The zero-order valence-electron chi connectivity index (χ0n) is 20.1. The lowest BCUT2D eigenvalue weighted by Crippen LogP contribution is -2.25. The Labute approximate surface area is 197 Å². The Morgan fingerprint density at radius 1 is 1.16 bits per heavy atom. The number of anilines is 3. The van der Waals surface area contributed by atoms with Gasteiger partial charge in [-0.2, -0.15) is 0 Å². The molecule has 2 aromatic carbocycles. The lowest BCUT2D eigenvalue weighted by Gasteiger charge is -2.29. The predicted molar refractivity (Wildman–Crippen MR) is 137 cm³/mol. The van der Waals surface area contributed by atoms with E-state index >= 15 is 0 Å². The first-order chi connectivity index (χ1) is 15.4. The van der Waals surface area contributed by atoms with Crippen molar-refractivity contribution in [2.75, 3.05) is 42.8 Å². The fourth-order valence-electron chi connectivity index (χ4n) is 3.29. The van der Waals surface area contributed by atoms with E-state index in [0.29, 0.717) is 5.92 Å². The minimum atomic E-state index is -0.850. The molecule has 1 heterocycles. The van der Waals surface area contributed by atoms with Gasteiger partial charge >= 0.3 is 5.97 Å². The summed E-state index contributed by atoms with van der Waals surface area (Å²) in [5, 5.41) is 8.92. The van der Waals surface area contributed by atoms with Gasteiger partial charge in [-0.25, -0.2) is 0 Å². The number of hydrogen-bond donors (Lipinski definition) is 1. The Kier molecular flexibility index (Phi) is 10.7. The van der Waals surface area contributed by atoms with Gasteiger partial charge in [-0.1, -0.05) is 58.2 Å². The average molecular weight is 459 g/mol. The molecule has 0 spiro atoms. The molecule has 6 heteroatoms. The van der Waals surface area contributed by atoms with Crippen LogP contribution < -0.4 is 14.5 Å². The van der Waals surface area contributed by atoms with Crippen molar-refractivity contribution in [1.29, 1.82) is 0 Å². The lowest BCUT2D eigenvalue weighted by atomic mass is 10.1. The monoisotopic (exact) mass is 458 g/mol. The molecular formula is C26H38N2O3S. The number of rotatable bonds is 8. The van der Waals surface area contributed by atoms with Gasteiger partial charge in [0.2, 0.25) is 0 Å². The van der Waals surface area contributed by atoms with Crippen molar-refractivity contribution in [3.63, 3.8) is 0 Å². The number of unbranched alkanes of at least 4 members (excludes halogenated alkanes) is 1. The molecule has 0 saturated heterocycles. The van der Waals surface area contributed by atoms with E-state index in [-0.39, 0.29) is 13.0 Å². The van der Waals surface area contributed by atoms with Gasteiger partial charge in [-0.05, 0) is 30.2 Å². The molecule has 0 aromatic heterocycles. The van der Waals surface area contributed by atoms with Crippen LogP contribution in [0.4, 0.5) is 17.1 Å². The molecule has 2 aromatic rings. The Morgan fingerprint density at radius 3 is 2.41 bits per heavy atom. The predicted octanol–water partition coefficient (Wildman–Crippen LogP) is 6.68. The van der Waals surface area contributed by atoms with Crippen LogP contribution in [0.15, 0.2) is 47.4 Å². The number of carboxylic acids is 1. The first-order valence-corrected chi connectivity index (χ1v) is 12.5. The molecule has 1 atom stereocenters. The number of fused-ring (bicyclic) bond motifs is 1. The SMILES string of the molecule is CCC1CSc2cc(OCCC(=O)O)c(N(C)C)cc2N(c2ccccc2)C1.CCCC. The summed E-state index contributed by atoms with van der Waals surface area (Å²) in [6.07, 6.45) is 3.76. The topological polar surface area (TPSA) is 53.0 Å². The fraction of sp³-hybridized carbons (Fsp3) is 0.500. The van der Waals surface area contributed by atoms with Crippen LogP contribution in [-0.2, 0) is 4.79 Å². The fourth-order valence-corrected chi connectivity index (χ4v) is 4.56. The first kappa shape index (κ1) is 25.9. The average Bonchev–Trinajstić information content (AvgIpc) is 2.98. The van der Waals surface area contributed by atoms with Crippen molar-refractivity contribution in [3.05, 3.63) is 42.5 Å². The third-order valence-electron chi connectivity index (χ3n) is 5.45. The van der Waals surface area contributed by atoms with Crippen molar-refractivity contribution < 1.29 is 14.6 Å². The summed E-state index contributed by atoms with van der Waals surface area (Å²) in [7, 11) is 3.97. The number of thioether (sulfide) groups is 1. The van der Waals surface area contributed by atoms with E-state index in [9.17, 15) is 4.79 Å². The van der Waals surface area contributed by atoms with E-state index in [4.69, 9.17) is 9.84 Å². The maximum atomic E-state index is 10.9. The van der Waals surface area contributed by atoms with E-state index in [0.717, 1.165) is 30.2 Å². The summed E-state index contributed by atoms with van der Waals surface area (Å²) in [6, 6.07) is 14.7. The minimum Gasteiger partial charge on any atom is -0.491 e. The summed E-state index contributed by atoms with van der Waals surface area (Å²) >= 11 is 1.86. The molecule has 0 radical (unpaired) electrons. The second-order valence-corrected chi connectivity index (χ2v) is 9.27. The minimum absolute atomic E-state index is 0.00878. The number of hydrogen-bond acceptors (Lipinski definition) is 5. The summed E-state index contributed by atoms with van der Waals surface area (Å²) in [6.45, 7) is 7.75. The molecule has 5 nitrogen and oxygen atoms in total. The number of nitrogens with zero attached hydrogens (tertiary/aromatic N) is 2. The third kappa shape index (κ3) is 7.37. The van der Waals surface area contributed by atoms with Gasteiger partial charge in [0.15, 0.2) is 0 Å². The van der Waals surface area contributed by atoms with E-state index < -0.39 is 5.97 Å². The second kappa shape index (κ2) is 13.3. The van der Waals surface area contributed by atoms with Crippen LogP contribution in [0.3, 0.4) is 0 Å². The quantitative estimate of drug-likeness (QED) is 0.476. The lowest BCUT2D eigenvalue weighted by molar-refractivity contribution is -0.137. The Balaban J connectivity index is 0.000000837. The number of carboxylic acid groups (broad SMARTS) is 1. The largest absolute Gasteiger partial charge is 0.491 e. The highest BCUT2D eigenvalue weighted by atomic mass is 32.2. The van der Waals surface area contributed by atoms with Gasteiger partial charge in [0.25, 0.3) is 0 Å². The molecular weight excluding hydrogens is 420 g/mol. The molecule has 1 unspecified atom stereocenters. The van der Waals surface area contributed by atoms with Crippen LogP contribution in [0.1, 0.15) is 46.5 Å². The molecule has 0 bridgehead atoms. The second-order valence-electron chi connectivity index (χ2n) is 8.21. The summed E-state index contributed by atoms with van der Waals surface area (Å²) in [5.74, 6) is 1.54. The highest BCUT2D eigenvalue weighted by molar-refractivity contribution is 7.99. The van der Waals surface area contributed by atoms with Crippen molar-refractivity contribution >= 4 is 34.8 Å². The molecule has 1 N–H and O–H groups in total. The maximum absolute atomic E-state index is 10.9. The van der Waals surface area contributed by atoms with Crippen molar-refractivity contribution in [1.82, 2.24) is 0 Å². The van der Waals surface area contributed by atoms with Crippen LogP contribution in [0, 0.1) is 5.92 Å². The van der Waals surface area contributed by atoms with E-state index in [1.807, 2.05) is 36.8 Å². The van der Waals surface area contributed by atoms with Crippen molar-refractivity contribution in [2.45, 2.75) is 51.3 Å². The normalized spacial score (nSPS) is 15.2. The van der Waals surface area contributed by atoms with Gasteiger partial charge in [-0.15, -0.1) is 11.8 Å². The number of para-hydroxylation sites is 1. The Bertz CT molecular complexity index is 840. The molecule has 0 aliphatic carbocycles. The van der Waals surface area contributed by atoms with E-state index in [1.165, 1.54) is 29.1 Å². The van der Waals surface area contributed by atoms with Gasteiger partial charge in [0.1, 0.15) is 5.75 Å². The number of benzene rings is 2. The Hall–Kier alpha value is -2.34. The molecule has 0 amide bonds. The first-order valence-electron chi connectivity index (χ1n) is 11.6. The van der Waals surface area contributed by atoms with Crippen LogP contribution in [0.5, 0.6) is 5.75 Å². The van der Waals surface area contributed by atoms with Gasteiger partial charge in [0, 0.05) is 37.0 Å². The molecule has 0 fully saturated rings. The molecule has 3 rings (SSSR count). The highest BCUT2D eigenvalue weighted by Gasteiger charge is 2.25. The standard InChI is InChI=1S/C22H28N2O3S.C4H10/c1-4-16-14-24(17-8-6-5-7-9-17)19-12-18(23(2)3)20(13-21(19)28-15-16)27-11-10-22(25)26;1-3-4-2/h5-9,12-13,16H,4,10-11,14-15H2,1-3H3,(H,25,26);3-4H2,1-2H3. The maximum Gasteiger partial charge on any atom is 0.306 e. The number of aliphatic carboxylic acids is 1. The van der Waals surface area contributed by atoms with Crippen LogP contribution in [0.25, 0.3) is 0 Å². The molecule has 1 aliphatic rings. The van der Waals surface area contributed by atoms with Crippen molar-refractivity contribution in [3.8, 4) is 5.75 Å². The van der Waals surface area contributed by atoms with Crippen LogP contribution in [-0.4, -0.2) is 44.1 Å². The zero-order chi connectivity index (χ0) is 23.5. The van der Waals surface area contributed by atoms with Gasteiger partial charge in [0.05, 0.1) is 24.4 Å². The van der Waals surface area contributed by atoms with E-state index in [1.54, 1.807) is 0 Å². The zero-order valence-corrected chi connectivity index (χ0v) is 21.0. The van der Waals surface area contributed by atoms with Gasteiger partial charge in [-0.3, -0.25) is 4.79 Å². The summed E-state index contributed by atoms with van der Waals surface area (Å²) < 4.78 is 5.86. The number of carbonyl (C=O) groups is 1. The van der Waals surface area contributed by atoms with Crippen LogP contribution >= 0.6 is 11.8 Å².